The number of carbonyl (C=O) groups excluding carboxylic acids is 1. The lowest BCUT2D eigenvalue weighted by Gasteiger charge is -2.08. The Bertz CT molecular complexity index is 831. The Morgan fingerprint density at radius 3 is 2.62 bits per heavy atom. The first-order valence-corrected chi connectivity index (χ1v) is 6.87. The van der Waals surface area contributed by atoms with Crippen LogP contribution < -0.4 is 5.32 Å². The third-order valence-electron chi connectivity index (χ3n) is 3.01. The van der Waals surface area contributed by atoms with Gasteiger partial charge in [-0.3, -0.25) is 4.79 Å². The van der Waals surface area contributed by atoms with E-state index in [4.69, 9.17) is 23.2 Å². The summed E-state index contributed by atoms with van der Waals surface area (Å²) in [6.07, 6.45) is 1.24. The maximum Gasteiger partial charge on any atom is 0.257 e. The minimum Gasteiger partial charge on any atom is -0.305 e. The molecule has 3 aromatic rings. The third-order valence-corrected chi connectivity index (χ3v) is 3.75. The van der Waals surface area contributed by atoms with Crippen LogP contribution >= 0.6 is 23.2 Å². The zero-order chi connectivity index (χ0) is 14.8. The molecule has 1 N–H and O–H groups in total. The molecule has 6 heteroatoms. The van der Waals surface area contributed by atoms with Gasteiger partial charge >= 0.3 is 0 Å². The number of hydrogen-bond acceptors (Lipinski definition) is 3. The van der Waals surface area contributed by atoms with Crippen molar-refractivity contribution in [2.45, 2.75) is 0 Å². The number of benzene rings is 2. The van der Waals surface area contributed by atoms with Gasteiger partial charge in [0.1, 0.15) is 11.3 Å². The number of anilines is 1. The molecule has 2 aromatic carbocycles. The van der Waals surface area contributed by atoms with Gasteiger partial charge < -0.3 is 5.32 Å². The van der Waals surface area contributed by atoms with Gasteiger partial charge in [-0.15, -0.1) is 0 Å². The largest absolute Gasteiger partial charge is 0.305 e. The van der Waals surface area contributed by atoms with Crippen LogP contribution in [0.3, 0.4) is 0 Å². The molecule has 0 bridgehead atoms. The number of rotatable bonds is 2. The van der Waals surface area contributed by atoms with Gasteiger partial charge in [-0.25, -0.2) is 9.97 Å². The van der Waals surface area contributed by atoms with Crippen LogP contribution in [0.1, 0.15) is 10.4 Å². The van der Waals surface area contributed by atoms with Gasteiger partial charge in [-0.2, -0.15) is 0 Å². The lowest BCUT2D eigenvalue weighted by molar-refractivity contribution is 0.102. The molecule has 1 amide bonds. The van der Waals surface area contributed by atoms with Gasteiger partial charge in [-0.05, 0) is 16.8 Å². The lowest BCUT2D eigenvalue weighted by Crippen LogP contribution is -2.14. The monoisotopic (exact) mass is 317 g/mol. The minimum absolute atomic E-state index is 0.0971. The van der Waals surface area contributed by atoms with Crippen LogP contribution in [-0.2, 0) is 0 Å². The predicted octanol–water partition coefficient (Wildman–Crippen LogP) is 4.19. The molecule has 21 heavy (non-hydrogen) atoms. The van der Waals surface area contributed by atoms with Crippen molar-refractivity contribution in [3.05, 3.63) is 64.5 Å². The number of nitrogens with one attached hydrogen (secondary N) is 1. The second kappa shape index (κ2) is 5.68. The fourth-order valence-corrected chi connectivity index (χ4v) is 2.31. The highest BCUT2D eigenvalue weighted by molar-refractivity contribution is 6.43. The Morgan fingerprint density at radius 2 is 1.76 bits per heavy atom. The number of aromatic nitrogens is 2. The summed E-state index contributed by atoms with van der Waals surface area (Å²) in [5, 5.41) is 4.71. The summed E-state index contributed by atoms with van der Waals surface area (Å²) in [5.41, 5.74) is 0.541. The molecule has 0 radical (unpaired) electrons. The van der Waals surface area contributed by atoms with E-state index >= 15 is 0 Å². The van der Waals surface area contributed by atoms with Crippen molar-refractivity contribution in [3.63, 3.8) is 0 Å². The molecular weight excluding hydrogens is 309 g/mol. The van der Waals surface area contributed by atoms with Crippen LogP contribution in [0.2, 0.25) is 10.2 Å². The van der Waals surface area contributed by atoms with Crippen LogP contribution in [0.4, 0.5) is 5.82 Å². The highest BCUT2D eigenvalue weighted by Crippen LogP contribution is 2.26. The minimum atomic E-state index is -0.302. The van der Waals surface area contributed by atoms with E-state index in [1.165, 1.54) is 6.33 Å². The Morgan fingerprint density at radius 1 is 1.00 bits per heavy atom. The number of hydrogen-bond donors (Lipinski definition) is 1. The van der Waals surface area contributed by atoms with E-state index in [0.29, 0.717) is 5.56 Å². The topological polar surface area (TPSA) is 54.9 Å². The molecule has 0 saturated carbocycles. The highest BCUT2D eigenvalue weighted by Gasteiger charge is 2.14. The molecule has 0 spiro atoms. The molecule has 0 aliphatic rings. The van der Waals surface area contributed by atoms with Crippen molar-refractivity contribution < 1.29 is 4.79 Å². The van der Waals surface area contributed by atoms with Gasteiger partial charge in [0, 0.05) is 5.56 Å². The average molecular weight is 318 g/mol. The average Bonchev–Trinajstić information content (AvgIpc) is 2.51. The fourth-order valence-electron chi connectivity index (χ4n) is 2.03. The molecule has 3 rings (SSSR count). The number of fused-ring (bicyclic) bond motifs is 1. The van der Waals surface area contributed by atoms with Crippen molar-refractivity contribution >= 4 is 45.7 Å². The van der Waals surface area contributed by atoms with E-state index in [0.717, 1.165) is 10.8 Å². The molecule has 0 unspecified atom stereocenters. The summed E-state index contributed by atoms with van der Waals surface area (Å²) in [5.74, 6) is -0.113. The Kier molecular flexibility index (Phi) is 3.73. The van der Waals surface area contributed by atoms with Crippen LogP contribution in [0.15, 0.2) is 48.8 Å². The second-order valence-corrected chi connectivity index (χ2v) is 5.04. The van der Waals surface area contributed by atoms with Gasteiger partial charge in [0.2, 0.25) is 0 Å². The van der Waals surface area contributed by atoms with Gasteiger partial charge in [0.25, 0.3) is 5.91 Å². The van der Waals surface area contributed by atoms with Crippen LogP contribution in [0, 0.1) is 0 Å². The summed E-state index contributed by atoms with van der Waals surface area (Å²) < 4.78 is 0. The van der Waals surface area contributed by atoms with Crippen molar-refractivity contribution in [1.82, 2.24) is 9.97 Å². The third kappa shape index (κ3) is 2.68. The maximum absolute atomic E-state index is 12.4. The number of halogens is 2. The highest BCUT2D eigenvalue weighted by atomic mass is 35.5. The van der Waals surface area contributed by atoms with E-state index in [1.807, 2.05) is 36.4 Å². The fraction of sp³-hybridized carbons (Fsp3) is 0. The van der Waals surface area contributed by atoms with Crippen LogP contribution in [0.5, 0.6) is 0 Å². The SMILES string of the molecule is O=C(Nc1ncnc(Cl)c1Cl)c1cccc2ccccc12. The summed E-state index contributed by atoms with van der Waals surface area (Å²) in [7, 11) is 0. The first-order chi connectivity index (χ1) is 10.2. The standard InChI is InChI=1S/C15H9Cl2N3O/c16-12-13(17)18-8-19-14(12)20-15(21)11-7-3-5-9-4-1-2-6-10(9)11/h1-8H,(H,18,19,20,21). The van der Waals surface area contributed by atoms with E-state index < -0.39 is 0 Å². The summed E-state index contributed by atoms with van der Waals surface area (Å²) in [4.78, 5) is 20.1. The Balaban J connectivity index is 2.00. The summed E-state index contributed by atoms with van der Waals surface area (Å²) >= 11 is 11.8. The molecule has 0 saturated heterocycles. The zero-order valence-electron chi connectivity index (χ0n) is 10.7. The van der Waals surface area contributed by atoms with Crippen molar-refractivity contribution in [2.24, 2.45) is 0 Å². The molecule has 0 atom stereocenters. The van der Waals surface area contributed by atoms with Crippen molar-refractivity contribution in [1.29, 1.82) is 0 Å². The smallest absolute Gasteiger partial charge is 0.257 e. The number of carbonyl (C=O) groups is 1. The Labute approximate surface area is 130 Å². The van der Waals surface area contributed by atoms with Crippen molar-refractivity contribution in [2.75, 3.05) is 5.32 Å². The molecule has 0 aliphatic heterocycles. The molecule has 0 fully saturated rings. The predicted molar refractivity (Wildman–Crippen MR) is 84.0 cm³/mol. The first-order valence-electron chi connectivity index (χ1n) is 6.12. The number of amides is 1. The van der Waals surface area contributed by atoms with Gasteiger partial charge in [-0.1, -0.05) is 59.6 Å². The number of nitrogens with zero attached hydrogens (tertiary/aromatic N) is 2. The van der Waals surface area contributed by atoms with Crippen LogP contribution in [-0.4, -0.2) is 15.9 Å². The maximum atomic E-state index is 12.4. The second-order valence-electron chi connectivity index (χ2n) is 4.31. The quantitative estimate of drug-likeness (QED) is 0.721. The van der Waals surface area contributed by atoms with E-state index in [2.05, 4.69) is 15.3 Å². The Hall–Kier alpha value is -2.17. The zero-order valence-corrected chi connectivity index (χ0v) is 12.2. The molecular formula is C15H9Cl2N3O. The van der Waals surface area contributed by atoms with Crippen molar-refractivity contribution in [3.8, 4) is 0 Å². The normalized spacial score (nSPS) is 10.6. The molecule has 4 nitrogen and oxygen atoms in total. The summed E-state index contributed by atoms with van der Waals surface area (Å²) in [6, 6.07) is 13.2. The van der Waals surface area contributed by atoms with E-state index in [9.17, 15) is 4.79 Å². The molecule has 1 aromatic heterocycles. The van der Waals surface area contributed by atoms with Gasteiger partial charge in [0.15, 0.2) is 11.0 Å². The molecule has 1 heterocycles. The van der Waals surface area contributed by atoms with E-state index in [-0.39, 0.29) is 21.9 Å². The molecule has 0 aliphatic carbocycles. The van der Waals surface area contributed by atoms with Crippen LogP contribution in [0.25, 0.3) is 10.8 Å². The van der Waals surface area contributed by atoms with Gasteiger partial charge in [0.05, 0.1) is 0 Å². The molecule has 104 valence electrons. The summed E-state index contributed by atoms with van der Waals surface area (Å²) in [6.45, 7) is 0. The first kappa shape index (κ1) is 13.8. The van der Waals surface area contributed by atoms with E-state index in [1.54, 1.807) is 6.07 Å². The lowest BCUT2D eigenvalue weighted by atomic mass is 10.0.